The lowest BCUT2D eigenvalue weighted by Gasteiger charge is -1.89. The second-order valence-corrected chi connectivity index (χ2v) is 2.34. The molecule has 1 heterocycles. The van der Waals surface area contributed by atoms with Crippen LogP contribution in [0.2, 0.25) is 0 Å². The lowest BCUT2D eigenvalue weighted by Crippen LogP contribution is -1.86. The fraction of sp³-hybridized carbons (Fsp3) is 0.625. The van der Waals surface area contributed by atoms with E-state index in [0.717, 1.165) is 24.3 Å². The number of aliphatic hydroxyl groups excluding tert-OH is 1. The minimum absolute atomic E-state index is 0.104. The maximum absolute atomic E-state index is 8.71. The van der Waals surface area contributed by atoms with Gasteiger partial charge in [0, 0.05) is 6.42 Å². The zero-order valence-electron chi connectivity index (χ0n) is 6.92. The summed E-state index contributed by atoms with van der Waals surface area (Å²) in [6.45, 7) is 3.94. The van der Waals surface area contributed by atoms with E-state index < -0.39 is 0 Å². The van der Waals surface area contributed by atoms with Crippen molar-refractivity contribution >= 4 is 0 Å². The van der Waals surface area contributed by atoms with Crippen LogP contribution in [0, 0.1) is 0 Å². The van der Waals surface area contributed by atoms with Crippen molar-refractivity contribution in [3.8, 4) is 0 Å². The molecule has 1 aromatic rings. The third kappa shape index (κ3) is 1.60. The zero-order valence-corrected chi connectivity index (χ0v) is 6.92. The lowest BCUT2D eigenvalue weighted by atomic mass is 10.2. The molecule has 0 aliphatic heterocycles. The van der Waals surface area contributed by atoms with Crippen LogP contribution in [0.25, 0.3) is 0 Å². The van der Waals surface area contributed by atoms with Crippen LogP contribution in [0.1, 0.15) is 31.2 Å². The maximum Gasteiger partial charge on any atom is 0.220 e. The number of hydrogen-bond donors (Lipinski definition) is 1. The summed E-state index contributed by atoms with van der Waals surface area (Å²) in [5.74, 6) is 1.33. The van der Waals surface area contributed by atoms with Gasteiger partial charge in [-0.05, 0) is 6.42 Å². The standard InChI is InChI=1S/C8H13NO2/c1-3-6-7(4-2)11-8(5-10)9-6/h10H,3-5H2,1-2H3. The average molecular weight is 155 g/mol. The number of aryl methyl sites for hydroxylation is 2. The molecule has 0 amide bonds. The summed E-state index contributed by atoms with van der Waals surface area (Å²) in [6, 6.07) is 0. The van der Waals surface area contributed by atoms with Gasteiger partial charge in [-0.15, -0.1) is 0 Å². The van der Waals surface area contributed by atoms with E-state index in [-0.39, 0.29) is 6.61 Å². The number of rotatable bonds is 3. The Kier molecular flexibility index (Phi) is 2.65. The molecule has 1 N–H and O–H groups in total. The third-order valence-electron chi connectivity index (χ3n) is 1.61. The number of hydrogen-bond acceptors (Lipinski definition) is 3. The molecule has 0 aromatic carbocycles. The molecule has 3 nitrogen and oxygen atoms in total. The van der Waals surface area contributed by atoms with E-state index >= 15 is 0 Å². The first kappa shape index (κ1) is 8.27. The van der Waals surface area contributed by atoms with Crippen molar-refractivity contribution in [1.82, 2.24) is 4.98 Å². The van der Waals surface area contributed by atoms with Gasteiger partial charge < -0.3 is 9.52 Å². The van der Waals surface area contributed by atoms with Gasteiger partial charge in [-0.25, -0.2) is 4.98 Å². The van der Waals surface area contributed by atoms with E-state index in [1.807, 2.05) is 13.8 Å². The van der Waals surface area contributed by atoms with Crippen molar-refractivity contribution in [3.05, 3.63) is 17.3 Å². The fourth-order valence-electron chi connectivity index (χ4n) is 1.06. The number of nitrogens with zero attached hydrogens (tertiary/aromatic N) is 1. The zero-order chi connectivity index (χ0) is 8.27. The van der Waals surface area contributed by atoms with Crippen molar-refractivity contribution in [2.24, 2.45) is 0 Å². The van der Waals surface area contributed by atoms with E-state index in [1.54, 1.807) is 0 Å². The SMILES string of the molecule is CCc1nc(CO)oc1CC. The molecule has 0 saturated carbocycles. The Labute approximate surface area is 66.1 Å². The van der Waals surface area contributed by atoms with Gasteiger partial charge in [-0.2, -0.15) is 0 Å². The van der Waals surface area contributed by atoms with Gasteiger partial charge in [0.25, 0.3) is 0 Å². The summed E-state index contributed by atoms with van der Waals surface area (Å²) < 4.78 is 5.24. The lowest BCUT2D eigenvalue weighted by molar-refractivity contribution is 0.237. The number of aliphatic hydroxyl groups is 1. The minimum Gasteiger partial charge on any atom is -0.443 e. The Morgan fingerprint density at radius 3 is 2.45 bits per heavy atom. The predicted octanol–water partition coefficient (Wildman–Crippen LogP) is 1.29. The summed E-state index contributed by atoms with van der Waals surface area (Å²) in [5, 5.41) is 8.71. The highest BCUT2D eigenvalue weighted by molar-refractivity contribution is 5.09. The van der Waals surface area contributed by atoms with E-state index in [1.165, 1.54) is 0 Å². The van der Waals surface area contributed by atoms with E-state index in [0.29, 0.717) is 5.89 Å². The Morgan fingerprint density at radius 1 is 1.36 bits per heavy atom. The highest BCUT2D eigenvalue weighted by Crippen LogP contribution is 2.11. The summed E-state index contributed by atoms with van der Waals surface area (Å²) in [4.78, 5) is 4.10. The summed E-state index contributed by atoms with van der Waals surface area (Å²) in [5.41, 5.74) is 0.969. The second-order valence-electron chi connectivity index (χ2n) is 2.34. The van der Waals surface area contributed by atoms with Crippen LogP contribution in [0.3, 0.4) is 0 Å². The van der Waals surface area contributed by atoms with Crippen molar-refractivity contribution in [2.45, 2.75) is 33.3 Å². The van der Waals surface area contributed by atoms with Gasteiger partial charge >= 0.3 is 0 Å². The van der Waals surface area contributed by atoms with Gasteiger partial charge in [0.15, 0.2) is 0 Å². The topological polar surface area (TPSA) is 46.3 Å². The van der Waals surface area contributed by atoms with Gasteiger partial charge in [0.1, 0.15) is 12.4 Å². The number of aromatic nitrogens is 1. The maximum atomic E-state index is 8.71. The average Bonchev–Trinajstić information content (AvgIpc) is 2.46. The van der Waals surface area contributed by atoms with Crippen molar-refractivity contribution in [3.63, 3.8) is 0 Å². The Hall–Kier alpha value is -0.830. The molecule has 0 radical (unpaired) electrons. The van der Waals surface area contributed by atoms with Crippen LogP contribution >= 0.6 is 0 Å². The van der Waals surface area contributed by atoms with Crippen LogP contribution in [0.15, 0.2) is 4.42 Å². The highest BCUT2D eigenvalue weighted by Gasteiger charge is 2.07. The first-order valence-electron chi connectivity index (χ1n) is 3.90. The molecule has 0 aliphatic carbocycles. The number of oxazole rings is 1. The normalized spacial score (nSPS) is 10.5. The molecule has 0 fully saturated rings. The molecular formula is C8H13NO2. The fourth-order valence-corrected chi connectivity index (χ4v) is 1.06. The van der Waals surface area contributed by atoms with Crippen LogP contribution < -0.4 is 0 Å². The first-order valence-corrected chi connectivity index (χ1v) is 3.90. The first-order chi connectivity index (χ1) is 5.31. The third-order valence-corrected chi connectivity index (χ3v) is 1.61. The Bertz CT molecular complexity index is 208. The molecule has 11 heavy (non-hydrogen) atoms. The van der Waals surface area contributed by atoms with Crippen LogP contribution in [0.5, 0.6) is 0 Å². The molecule has 0 unspecified atom stereocenters. The van der Waals surface area contributed by atoms with Gasteiger partial charge in [-0.3, -0.25) is 0 Å². The molecule has 0 bridgehead atoms. The molecule has 0 aliphatic rings. The quantitative estimate of drug-likeness (QED) is 0.715. The Balaban J connectivity index is 2.92. The van der Waals surface area contributed by atoms with Gasteiger partial charge in [0.2, 0.25) is 5.89 Å². The van der Waals surface area contributed by atoms with Crippen molar-refractivity contribution < 1.29 is 9.52 Å². The molecule has 0 spiro atoms. The summed E-state index contributed by atoms with van der Waals surface area (Å²) >= 11 is 0. The summed E-state index contributed by atoms with van der Waals surface area (Å²) in [7, 11) is 0. The second kappa shape index (κ2) is 3.53. The molecule has 0 saturated heterocycles. The molecule has 62 valence electrons. The summed E-state index contributed by atoms with van der Waals surface area (Å²) in [6.07, 6.45) is 1.71. The molecule has 1 rings (SSSR count). The molecular weight excluding hydrogens is 142 g/mol. The van der Waals surface area contributed by atoms with E-state index in [4.69, 9.17) is 9.52 Å². The van der Waals surface area contributed by atoms with Crippen LogP contribution in [0.4, 0.5) is 0 Å². The van der Waals surface area contributed by atoms with Gasteiger partial charge in [-0.1, -0.05) is 13.8 Å². The predicted molar refractivity (Wildman–Crippen MR) is 41.2 cm³/mol. The van der Waals surface area contributed by atoms with Gasteiger partial charge in [0.05, 0.1) is 5.69 Å². The smallest absolute Gasteiger partial charge is 0.220 e. The molecule has 3 heteroatoms. The van der Waals surface area contributed by atoms with E-state index in [9.17, 15) is 0 Å². The highest BCUT2D eigenvalue weighted by atomic mass is 16.4. The molecule has 1 aromatic heterocycles. The van der Waals surface area contributed by atoms with Crippen LogP contribution in [-0.4, -0.2) is 10.1 Å². The Morgan fingerprint density at radius 2 is 2.09 bits per heavy atom. The monoisotopic (exact) mass is 155 g/mol. The largest absolute Gasteiger partial charge is 0.443 e. The van der Waals surface area contributed by atoms with E-state index in [2.05, 4.69) is 4.98 Å². The molecule has 0 atom stereocenters. The van der Waals surface area contributed by atoms with Crippen molar-refractivity contribution in [1.29, 1.82) is 0 Å². The van der Waals surface area contributed by atoms with Crippen LogP contribution in [-0.2, 0) is 19.4 Å². The van der Waals surface area contributed by atoms with Crippen molar-refractivity contribution in [2.75, 3.05) is 0 Å². The minimum atomic E-state index is -0.104.